The number of benzene rings is 1. The van der Waals surface area contributed by atoms with Gasteiger partial charge in [0.15, 0.2) is 0 Å². The van der Waals surface area contributed by atoms with Crippen molar-refractivity contribution in [2.24, 2.45) is 11.8 Å². The molecule has 1 aliphatic carbocycles. The number of hydrogen-bond acceptors (Lipinski definition) is 1. The van der Waals surface area contributed by atoms with Crippen LogP contribution in [0.5, 0.6) is 0 Å². The Morgan fingerprint density at radius 1 is 1.29 bits per heavy atom. The predicted octanol–water partition coefficient (Wildman–Crippen LogP) is 3.78. The van der Waals surface area contributed by atoms with Gasteiger partial charge in [0.1, 0.15) is 5.82 Å². The second-order valence-corrected chi connectivity index (χ2v) is 5.69. The summed E-state index contributed by atoms with van der Waals surface area (Å²) >= 11 is 0. The SMILES string of the molecule is Cc1ccc(C2(O)CCC(C)C(C)C2)cc1F. The van der Waals surface area contributed by atoms with Gasteiger partial charge in [-0.1, -0.05) is 26.0 Å². The van der Waals surface area contributed by atoms with Gasteiger partial charge in [0.05, 0.1) is 5.60 Å². The lowest BCUT2D eigenvalue weighted by Crippen LogP contribution is -2.35. The summed E-state index contributed by atoms with van der Waals surface area (Å²) in [5.41, 5.74) is 0.537. The molecule has 1 N–H and O–H groups in total. The molecule has 94 valence electrons. The average Bonchev–Trinajstić information content (AvgIpc) is 2.28. The van der Waals surface area contributed by atoms with Crippen LogP contribution in [0.3, 0.4) is 0 Å². The zero-order valence-corrected chi connectivity index (χ0v) is 10.8. The monoisotopic (exact) mass is 236 g/mol. The van der Waals surface area contributed by atoms with E-state index in [1.165, 1.54) is 6.07 Å². The molecule has 1 aromatic carbocycles. The molecule has 1 nitrogen and oxygen atoms in total. The molecular weight excluding hydrogens is 215 g/mol. The minimum Gasteiger partial charge on any atom is -0.385 e. The lowest BCUT2D eigenvalue weighted by atomic mass is 9.70. The summed E-state index contributed by atoms with van der Waals surface area (Å²) in [6.45, 7) is 6.13. The lowest BCUT2D eigenvalue weighted by molar-refractivity contribution is -0.0338. The summed E-state index contributed by atoms with van der Waals surface area (Å²) in [6, 6.07) is 5.12. The molecule has 3 unspecified atom stereocenters. The van der Waals surface area contributed by atoms with E-state index in [2.05, 4.69) is 13.8 Å². The topological polar surface area (TPSA) is 20.2 Å². The second-order valence-electron chi connectivity index (χ2n) is 5.69. The van der Waals surface area contributed by atoms with Crippen LogP contribution in [0.25, 0.3) is 0 Å². The molecule has 0 bridgehead atoms. The van der Waals surface area contributed by atoms with Crippen molar-refractivity contribution in [2.45, 2.75) is 45.6 Å². The van der Waals surface area contributed by atoms with Crippen molar-refractivity contribution >= 4 is 0 Å². The number of rotatable bonds is 1. The van der Waals surface area contributed by atoms with Crippen molar-refractivity contribution in [3.63, 3.8) is 0 Å². The molecule has 2 heteroatoms. The van der Waals surface area contributed by atoms with E-state index in [1.807, 2.05) is 6.07 Å². The van der Waals surface area contributed by atoms with Crippen LogP contribution in [-0.2, 0) is 5.60 Å². The molecule has 1 aromatic rings. The number of hydrogen-bond donors (Lipinski definition) is 1. The van der Waals surface area contributed by atoms with Crippen molar-refractivity contribution in [1.82, 2.24) is 0 Å². The van der Waals surface area contributed by atoms with Crippen LogP contribution in [0.1, 0.15) is 44.2 Å². The Morgan fingerprint density at radius 2 is 2.00 bits per heavy atom. The first-order valence-corrected chi connectivity index (χ1v) is 6.41. The number of aliphatic hydroxyl groups is 1. The molecule has 0 amide bonds. The predicted molar refractivity (Wildman–Crippen MR) is 67.2 cm³/mol. The first-order valence-electron chi connectivity index (χ1n) is 6.41. The highest BCUT2D eigenvalue weighted by molar-refractivity contribution is 5.28. The minimum absolute atomic E-state index is 0.220. The Balaban J connectivity index is 2.29. The van der Waals surface area contributed by atoms with Crippen LogP contribution in [0.15, 0.2) is 18.2 Å². The van der Waals surface area contributed by atoms with Gasteiger partial charge in [-0.15, -0.1) is 0 Å². The van der Waals surface area contributed by atoms with Crippen LogP contribution < -0.4 is 0 Å². The largest absolute Gasteiger partial charge is 0.385 e. The normalized spacial score (nSPS) is 33.7. The summed E-state index contributed by atoms with van der Waals surface area (Å²) in [7, 11) is 0. The van der Waals surface area contributed by atoms with Crippen molar-refractivity contribution in [2.75, 3.05) is 0 Å². The highest BCUT2D eigenvalue weighted by Gasteiger charge is 2.37. The van der Waals surface area contributed by atoms with Crippen LogP contribution >= 0.6 is 0 Å². The van der Waals surface area contributed by atoms with Crippen LogP contribution in [-0.4, -0.2) is 5.11 Å². The van der Waals surface area contributed by atoms with Crippen molar-refractivity contribution in [3.05, 3.63) is 35.1 Å². The fourth-order valence-electron chi connectivity index (χ4n) is 2.73. The average molecular weight is 236 g/mol. The highest BCUT2D eigenvalue weighted by Crippen LogP contribution is 2.42. The third-order valence-electron chi connectivity index (χ3n) is 4.35. The molecular formula is C15H21FO. The van der Waals surface area contributed by atoms with Gasteiger partial charge < -0.3 is 5.11 Å². The van der Waals surface area contributed by atoms with Gasteiger partial charge in [-0.05, 0) is 55.2 Å². The Kier molecular flexibility index (Phi) is 3.26. The lowest BCUT2D eigenvalue weighted by Gasteiger charge is -2.39. The van der Waals surface area contributed by atoms with E-state index in [1.54, 1.807) is 13.0 Å². The molecule has 17 heavy (non-hydrogen) atoms. The van der Waals surface area contributed by atoms with Crippen LogP contribution in [0.4, 0.5) is 4.39 Å². The Labute approximate surface area is 103 Å². The Bertz CT molecular complexity index is 415. The molecule has 0 aromatic heterocycles. The van der Waals surface area contributed by atoms with E-state index in [4.69, 9.17) is 0 Å². The summed E-state index contributed by atoms with van der Waals surface area (Å²) < 4.78 is 13.6. The molecule has 1 aliphatic rings. The van der Waals surface area contributed by atoms with Gasteiger partial charge >= 0.3 is 0 Å². The van der Waals surface area contributed by atoms with E-state index in [-0.39, 0.29) is 5.82 Å². The molecule has 0 aliphatic heterocycles. The van der Waals surface area contributed by atoms with Crippen molar-refractivity contribution in [3.8, 4) is 0 Å². The minimum atomic E-state index is -0.833. The summed E-state index contributed by atoms with van der Waals surface area (Å²) in [5.74, 6) is 0.908. The summed E-state index contributed by atoms with van der Waals surface area (Å²) in [4.78, 5) is 0. The van der Waals surface area contributed by atoms with Crippen LogP contribution in [0.2, 0.25) is 0 Å². The standard InChI is InChI=1S/C15H21FO/c1-10-6-7-15(17,9-12(10)3)13-5-4-11(2)14(16)8-13/h4-5,8,10,12,17H,6-7,9H2,1-3H3. The fourth-order valence-corrected chi connectivity index (χ4v) is 2.73. The van der Waals surface area contributed by atoms with Gasteiger partial charge in [-0.2, -0.15) is 0 Å². The smallest absolute Gasteiger partial charge is 0.126 e. The van der Waals surface area contributed by atoms with E-state index >= 15 is 0 Å². The first-order chi connectivity index (χ1) is 7.92. The fraction of sp³-hybridized carbons (Fsp3) is 0.600. The molecule has 0 spiro atoms. The van der Waals surface area contributed by atoms with Crippen LogP contribution in [0, 0.1) is 24.6 Å². The van der Waals surface area contributed by atoms with Gasteiger partial charge in [0, 0.05) is 0 Å². The Morgan fingerprint density at radius 3 is 2.59 bits per heavy atom. The third kappa shape index (κ3) is 2.37. The second kappa shape index (κ2) is 4.41. The van der Waals surface area contributed by atoms with Crippen molar-refractivity contribution < 1.29 is 9.50 Å². The maximum absolute atomic E-state index is 13.6. The molecule has 1 saturated carbocycles. The van der Waals surface area contributed by atoms with Crippen molar-refractivity contribution in [1.29, 1.82) is 0 Å². The van der Waals surface area contributed by atoms with Gasteiger partial charge in [-0.25, -0.2) is 4.39 Å². The highest BCUT2D eigenvalue weighted by atomic mass is 19.1. The summed E-state index contributed by atoms with van der Waals surface area (Å²) in [5, 5.41) is 10.7. The zero-order chi connectivity index (χ0) is 12.6. The van der Waals surface area contributed by atoms with E-state index in [0.29, 0.717) is 17.4 Å². The molecule has 1 fully saturated rings. The molecule has 0 saturated heterocycles. The van der Waals surface area contributed by atoms with Gasteiger partial charge in [0.25, 0.3) is 0 Å². The van der Waals surface area contributed by atoms with E-state index in [0.717, 1.165) is 24.8 Å². The molecule has 2 rings (SSSR count). The molecule has 0 radical (unpaired) electrons. The number of halogens is 1. The quantitative estimate of drug-likeness (QED) is 0.786. The van der Waals surface area contributed by atoms with Gasteiger partial charge in [0.2, 0.25) is 0 Å². The van der Waals surface area contributed by atoms with E-state index < -0.39 is 5.60 Å². The summed E-state index contributed by atoms with van der Waals surface area (Å²) in [6.07, 6.45) is 2.48. The molecule has 3 atom stereocenters. The maximum atomic E-state index is 13.6. The Hall–Kier alpha value is -0.890. The third-order valence-corrected chi connectivity index (χ3v) is 4.35. The maximum Gasteiger partial charge on any atom is 0.126 e. The van der Waals surface area contributed by atoms with Gasteiger partial charge in [-0.3, -0.25) is 0 Å². The zero-order valence-electron chi connectivity index (χ0n) is 10.8. The van der Waals surface area contributed by atoms with E-state index in [9.17, 15) is 9.50 Å². The first kappa shape index (κ1) is 12.6. The molecule has 0 heterocycles. The number of aryl methyl sites for hydroxylation is 1.